The second-order valence-corrected chi connectivity index (χ2v) is 9.02. The summed E-state index contributed by atoms with van der Waals surface area (Å²) in [6, 6.07) is 14.5. The van der Waals surface area contributed by atoms with Crippen LogP contribution in [0.1, 0.15) is 39.4 Å². The lowest BCUT2D eigenvalue weighted by atomic mass is 9.92. The first-order chi connectivity index (χ1) is 16.6. The lowest BCUT2D eigenvalue weighted by molar-refractivity contribution is 0.0966. The average molecular weight is 454 g/mol. The van der Waals surface area contributed by atoms with Crippen LogP contribution in [0.25, 0.3) is 22.2 Å². The Balaban J connectivity index is 1.40. The van der Waals surface area contributed by atoms with Crippen LogP contribution in [0, 0.1) is 0 Å². The van der Waals surface area contributed by atoms with Gasteiger partial charge in [0.05, 0.1) is 17.9 Å². The van der Waals surface area contributed by atoms with E-state index < -0.39 is 0 Å². The van der Waals surface area contributed by atoms with Crippen molar-refractivity contribution in [2.24, 2.45) is 12.8 Å². The Morgan fingerprint density at radius 2 is 2.12 bits per heavy atom. The van der Waals surface area contributed by atoms with Crippen molar-refractivity contribution < 1.29 is 9.53 Å². The minimum absolute atomic E-state index is 0.0588. The van der Waals surface area contributed by atoms with Gasteiger partial charge in [-0.1, -0.05) is 12.1 Å². The molecule has 1 amide bonds. The Hall–Kier alpha value is -3.68. The van der Waals surface area contributed by atoms with Crippen LogP contribution in [0.2, 0.25) is 0 Å². The molecule has 2 aromatic carbocycles. The molecule has 1 saturated heterocycles. The SMILES string of the molecule is Cn1ccc2c(-c3ccc(Nc4ccc([C@@H]5CCOC5)c(CN)c4)c4c3CNC4=O)ccnc21. The van der Waals surface area contributed by atoms with E-state index in [9.17, 15) is 4.79 Å². The van der Waals surface area contributed by atoms with Crippen LogP contribution in [0.3, 0.4) is 0 Å². The fourth-order valence-corrected chi connectivity index (χ4v) is 5.30. The number of fused-ring (bicyclic) bond motifs is 2. The summed E-state index contributed by atoms with van der Waals surface area (Å²) in [5.41, 5.74) is 14.9. The monoisotopic (exact) mass is 453 g/mol. The number of aryl methyl sites for hydroxylation is 1. The minimum atomic E-state index is -0.0588. The number of anilines is 2. The van der Waals surface area contributed by atoms with Gasteiger partial charge in [-0.15, -0.1) is 0 Å². The van der Waals surface area contributed by atoms with Crippen LogP contribution in [0.15, 0.2) is 54.9 Å². The molecule has 0 spiro atoms. The third kappa shape index (κ3) is 3.36. The van der Waals surface area contributed by atoms with E-state index in [1.165, 1.54) is 5.56 Å². The van der Waals surface area contributed by atoms with Crippen molar-refractivity contribution in [3.05, 3.63) is 77.1 Å². The van der Waals surface area contributed by atoms with E-state index in [2.05, 4.69) is 45.9 Å². The van der Waals surface area contributed by atoms with Crippen LogP contribution in [-0.4, -0.2) is 28.7 Å². The minimum Gasteiger partial charge on any atom is -0.381 e. The molecule has 7 heteroatoms. The van der Waals surface area contributed by atoms with Crippen LogP contribution in [-0.2, 0) is 24.9 Å². The van der Waals surface area contributed by atoms with Gasteiger partial charge in [0, 0.05) is 56.1 Å². The molecule has 4 heterocycles. The summed E-state index contributed by atoms with van der Waals surface area (Å²) in [6.45, 7) is 2.52. The number of carbonyl (C=O) groups excluding carboxylic acids is 1. The van der Waals surface area contributed by atoms with E-state index in [1.54, 1.807) is 0 Å². The number of hydrogen-bond donors (Lipinski definition) is 3. The quantitative estimate of drug-likeness (QED) is 0.421. The molecule has 0 unspecified atom stereocenters. The maximum absolute atomic E-state index is 12.9. The molecule has 172 valence electrons. The van der Waals surface area contributed by atoms with Gasteiger partial charge in [0.25, 0.3) is 5.91 Å². The number of ether oxygens (including phenoxy) is 1. The Morgan fingerprint density at radius 3 is 2.94 bits per heavy atom. The summed E-state index contributed by atoms with van der Waals surface area (Å²) in [7, 11) is 1.99. The summed E-state index contributed by atoms with van der Waals surface area (Å²) in [5, 5.41) is 7.57. The average Bonchev–Trinajstić information content (AvgIpc) is 3.61. The number of benzene rings is 2. The zero-order valence-corrected chi connectivity index (χ0v) is 19.1. The van der Waals surface area contributed by atoms with Crippen LogP contribution >= 0.6 is 0 Å². The molecule has 4 N–H and O–H groups in total. The third-order valence-electron chi connectivity index (χ3n) is 7.04. The third-order valence-corrected chi connectivity index (χ3v) is 7.04. The number of aromatic nitrogens is 2. The van der Waals surface area contributed by atoms with Crippen LogP contribution in [0.4, 0.5) is 11.4 Å². The second-order valence-electron chi connectivity index (χ2n) is 9.02. The molecular weight excluding hydrogens is 426 g/mol. The van der Waals surface area contributed by atoms with Crippen molar-refractivity contribution in [3.8, 4) is 11.1 Å². The Labute approximate surface area is 197 Å². The molecule has 0 radical (unpaired) electrons. The maximum Gasteiger partial charge on any atom is 0.254 e. The summed E-state index contributed by atoms with van der Waals surface area (Å²) < 4.78 is 7.58. The van der Waals surface area contributed by atoms with Gasteiger partial charge >= 0.3 is 0 Å². The van der Waals surface area contributed by atoms with Crippen molar-refractivity contribution in [1.29, 1.82) is 0 Å². The molecule has 1 fully saturated rings. The van der Waals surface area contributed by atoms with Gasteiger partial charge in [0.1, 0.15) is 5.65 Å². The first-order valence-electron chi connectivity index (χ1n) is 11.7. The van der Waals surface area contributed by atoms with E-state index >= 15 is 0 Å². The standard InChI is InChI=1S/C27H27N5O2/c1-32-10-7-22-21(6-9-29-26(22)32)20-4-5-24(25-23(20)14-30-27(25)33)31-18-2-3-19(17(12-18)13-28)16-8-11-34-15-16/h2-7,9-10,12,16,31H,8,11,13-15,28H2,1H3,(H,30,33)/t16-/m1/s1. The molecule has 2 aliphatic heterocycles. The van der Waals surface area contributed by atoms with Gasteiger partial charge in [-0.3, -0.25) is 4.79 Å². The fraction of sp³-hybridized carbons (Fsp3) is 0.259. The van der Waals surface area contributed by atoms with Gasteiger partial charge in [-0.05, 0) is 64.6 Å². The zero-order chi connectivity index (χ0) is 23.2. The van der Waals surface area contributed by atoms with Crippen molar-refractivity contribution in [3.63, 3.8) is 0 Å². The first kappa shape index (κ1) is 20.9. The molecule has 0 saturated carbocycles. The summed E-state index contributed by atoms with van der Waals surface area (Å²) in [4.78, 5) is 17.4. The summed E-state index contributed by atoms with van der Waals surface area (Å²) >= 11 is 0. The molecule has 6 rings (SSSR count). The number of carbonyl (C=O) groups is 1. The molecule has 34 heavy (non-hydrogen) atoms. The van der Waals surface area contributed by atoms with Gasteiger partial charge in [-0.2, -0.15) is 0 Å². The highest BCUT2D eigenvalue weighted by atomic mass is 16.5. The largest absolute Gasteiger partial charge is 0.381 e. The van der Waals surface area contributed by atoms with Gasteiger partial charge in [0.15, 0.2) is 0 Å². The molecule has 0 bridgehead atoms. The van der Waals surface area contributed by atoms with Gasteiger partial charge in [-0.25, -0.2) is 4.98 Å². The topological polar surface area (TPSA) is 94.2 Å². The molecular formula is C27H27N5O2. The first-order valence-corrected chi connectivity index (χ1v) is 11.7. The van der Waals surface area contributed by atoms with Crippen molar-refractivity contribution in [1.82, 2.24) is 14.9 Å². The number of nitrogens with zero attached hydrogens (tertiary/aromatic N) is 2. The molecule has 4 aromatic rings. The van der Waals surface area contributed by atoms with Crippen LogP contribution < -0.4 is 16.4 Å². The van der Waals surface area contributed by atoms with Crippen molar-refractivity contribution >= 4 is 28.3 Å². The predicted molar refractivity (Wildman–Crippen MR) is 133 cm³/mol. The molecule has 7 nitrogen and oxygen atoms in total. The van der Waals surface area contributed by atoms with Gasteiger partial charge in [0.2, 0.25) is 0 Å². The molecule has 2 aromatic heterocycles. The van der Waals surface area contributed by atoms with E-state index in [-0.39, 0.29) is 5.91 Å². The lowest BCUT2D eigenvalue weighted by Crippen LogP contribution is -2.13. The van der Waals surface area contributed by atoms with E-state index in [0.717, 1.165) is 64.3 Å². The Bertz CT molecular complexity index is 1420. The number of hydrogen-bond acceptors (Lipinski definition) is 5. The smallest absolute Gasteiger partial charge is 0.254 e. The molecule has 2 aliphatic rings. The van der Waals surface area contributed by atoms with E-state index in [1.807, 2.05) is 36.1 Å². The van der Waals surface area contributed by atoms with Crippen molar-refractivity contribution in [2.75, 3.05) is 18.5 Å². The van der Waals surface area contributed by atoms with E-state index in [4.69, 9.17) is 10.5 Å². The van der Waals surface area contributed by atoms with Crippen molar-refractivity contribution in [2.45, 2.75) is 25.4 Å². The maximum atomic E-state index is 12.9. The van der Waals surface area contributed by atoms with Gasteiger partial charge < -0.3 is 25.7 Å². The number of amides is 1. The lowest BCUT2D eigenvalue weighted by Gasteiger charge is -2.17. The summed E-state index contributed by atoms with van der Waals surface area (Å²) in [6.07, 6.45) is 4.86. The number of rotatable bonds is 5. The fourth-order valence-electron chi connectivity index (χ4n) is 5.30. The summed E-state index contributed by atoms with van der Waals surface area (Å²) in [5.74, 6) is 0.341. The zero-order valence-electron chi connectivity index (χ0n) is 19.1. The highest BCUT2D eigenvalue weighted by Gasteiger charge is 2.27. The Kier molecular flexibility index (Phi) is 5.08. The molecule has 0 aliphatic carbocycles. The normalized spacial score (nSPS) is 17.2. The highest BCUT2D eigenvalue weighted by molar-refractivity contribution is 6.07. The molecule has 1 atom stereocenters. The van der Waals surface area contributed by atoms with Crippen LogP contribution in [0.5, 0.6) is 0 Å². The number of nitrogens with two attached hydrogens (primary N) is 1. The number of nitrogens with one attached hydrogen (secondary N) is 2. The second kappa shape index (κ2) is 8.27. The Morgan fingerprint density at radius 1 is 1.21 bits per heavy atom. The van der Waals surface area contributed by atoms with E-state index in [0.29, 0.717) is 24.6 Å². The number of pyridine rings is 1. The highest BCUT2D eigenvalue weighted by Crippen LogP contribution is 2.38. The predicted octanol–water partition coefficient (Wildman–Crippen LogP) is 4.19.